The van der Waals surface area contributed by atoms with Crippen LogP contribution < -0.4 is 4.90 Å². The van der Waals surface area contributed by atoms with Crippen LogP contribution in [0.25, 0.3) is 11.0 Å². The van der Waals surface area contributed by atoms with E-state index < -0.39 is 0 Å². The SMILES string of the molecule is Cc1cccnc1CN1CCCC1c1nc2c(N3CCN(C4CC4)CC3)cccc2[nH]1. The Morgan fingerprint density at radius 3 is 2.68 bits per heavy atom. The molecule has 1 aliphatic carbocycles. The van der Waals surface area contributed by atoms with Crippen LogP contribution in [0, 0.1) is 6.92 Å². The first-order valence-electron chi connectivity index (χ1n) is 11.9. The van der Waals surface area contributed by atoms with Crippen LogP contribution in [0.3, 0.4) is 0 Å². The van der Waals surface area contributed by atoms with Gasteiger partial charge in [0.2, 0.25) is 0 Å². The van der Waals surface area contributed by atoms with Crippen LogP contribution in [0.1, 0.15) is 48.8 Å². The maximum Gasteiger partial charge on any atom is 0.124 e. The summed E-state index contributed by atoms with van der Waals surface area (Å²) in [5.74, 6) is 1.12. The third-order valence-corrected chi connectivity index (χ3v) is 7.38. The van der Waals surface area contributed by atoms with Gasteiger partial charge in [-0.2, -0.15) is 0 Å². The van der Waals surface area contributed by atoms with Gasteiger partial charge in [-0.25, -0.2) is 4.98 Å². The van der Waals surface area contributed by atoms with Crippen molar-refractivity contribution in [3.63, 3.8) is 0 Å². The van der Waals surface area contributed by atoms with E-state index in [0.29, 0.717) is 6.04 Å². The Morgan fingerprint density at radius 1 is 1.00 bits per heavy atom. The molecule has 0 bridgehead atoms. The molecule has 3 aliphatic rings. The monoisotopic (exact) mass is 416 g/mol. The molecule has 6 heteroatoms. The number of benzene rings is 1. The van der Waals surface area contributed by atoms with Gasteiger partial charge in [-0.05, 0) is 62.9 Å². The zero-order chi connectivity index (χ0) is 20.8. The van der Waals surface area contributed by atoms with E-state index in [2.05, 4.69) is 55.9 Å². The number of rotatable bonds is 5. The van der Waals surface area contributed by atoms with Crippen LogP contribution in [0.15, 0.2) is 36.5 Å². The summed E-state index contributed by atoms with van der Waals surface area (Å²) in [7, 11) is 0. The average Bonchev–Trinajstić information content (AvgIpc) is 3.39. The van der Waals surface area contributed by atoms with E-state index in [9.17, 15) is 0 Å². The minimum Gasteiger partial charge on any atom is -0.367 e. The van der Waals surface area contributed by atoms with E-state index in [1.807, 2.05) is 12.3 Å². The van der Waals surface area contributed by atoms with Crippen LogP contribution >= 0.6 is 0 Å². The largest absolute Gasteiger partial charge is 0.367 e. The summed E-state index contributed by atoms with van der Waals surface area (Å²) in [4.78, 5) is 21.2. The van der Waals surface area contributed by atoms with Gasteiger partial charge in [0.1, 0.15) is 11.3 Å². The molecule has 0 radical (unpaired) electrons. The molecule has 2 aromatic heterocycles. The number of anilines is 1. The number of pyridine rings is 1. The van der Waals surface area contributed by atoms with Crippen molar-refractivity contribution in [3.05, 3.63) is 53.6 Å². The van der Waals surface area contributed by atoms with Crippen LogP contribution in [0.2, 0.25) is 0 Å². The Labute approximate surface area is 184 Å². The van der Waals surface area contributed by atoms with Gasteiger partial charge < -0.3 is 9.88 Å². The van der Waals surface area contributed by atoms with Crippen molar-refractivity contribution in [1.82, 2.24) is 24.8 Å². The number of aromatic amines is 1. The lowest BCUT2D eigenvalue weighted by atomic mass is 10.2. The molecular formula is C25H32N6. The molecule has 162 valence electrons. The zero-order valence-corrected chi connectivity index (χ0v) is 18.4. The lowest BCUT2D eigenvalue weighted by molar-refractivity contribution is 0.238. The maximum atomic E-state index is 5.18. The van der Waals surface area contributed by atoms with Crippen LogP contribution in [-0.4, -0.2) is 63.5 Å². The Balaban J connectivity index is 1.24. The van der Waals surface area contributed by atoms with E-state index >= 15 is 0 Å². The molecule has 0 spiro atoms. The van der Waals surface area contributed by atoms with Crippen LogP contribution in [-0.2, 0) is 6.54 Å². The summed E-state index contributed by atoms with van der Waals surface area (Å²) >= 11 is 0. The number of hydrogen-bond acceptors (Lipinski definition) is 5. The van der Waals surface area contributed by atoms with Gasteiger partial charge in [0, 0.05) is 45.0 Å². The molecule has 1 unspecified atom stereocenters. The standard InChI is InChI=1S/C25H32N6/c1-18-5-3-11-26-21(18)17-31-12-4-8-23(31)25-27-20-6-2-7-22(24(20)28-25)30-15-13-29(14-16-30)19-9-10-19/h2-3,5-7,11,19,23H,4,8-10,12-17H2,1H3,(H,27,28). The number of H-pyrrole nitrogens is 1. The van der Waals surface area contributed by atoms with Crippen molar-refractivity contribution in [3.8, 4) is 0 Å². The fourth-order valence-corrected chi connectivity index (χ4v) is 5.42. The first-order valence-corrected chi connectivity index (χ1v) is 11.9. The van der Waals surface area contributed by atoms with E-state index in [0.717, 1.165) is 55.5 Å². The molecule has 31 heavy (non-hydrogen) atoms. The number of aryl methyl sites for hydroxylation is 1. The van der Waals surface area contributed by atoms with Crippen LogP contribution in [0.5, 0.6) is 0 Å². The molecule has 6 nitrogen and oxygen atoms in total. The number of fused-ring (bicyclic) bond motifs is 1. The third kappa shape index (κ3) is 3.72. The summed E-state index contributed by atoms with van der Waals surface area (Å²) in [5, 5.41) is 0. The van der Waals surface area contributed by atoms with Gasteiger partial charge in [0.25, 0.3) is 0 Å². The minimum absolute atomic E-state index is 0.341. The number of para-hydroxylation sites is 1. The highest BCUT2D eigenvalue weighted by Crippen LogP contribution is 2.35. The van der Waals surface area contributed by atoms with E-state index in [-0.39, 0.29) is 0 Å². The predicted molar refractivity (Wildman–Crippen MR) is 124 cm³/mol. The highest BCUT2D eigenvalue weighted by molar-refractivity contribution is 5.89. The van der Waals surface area contributed by atoms with Gasteiger partial charge in [-0.15, -0.1) is 0 Å². The second kappa shape index (κ2) is 7.92. The van der Waals surface area contributed by atoms with Crippen molar-refractivity contribution >= 4 is 16.7 Å². The molecule has 6 rings (SSSR count). The minimum atomic E-state index is 0.341. The number of piperazine rings is 1. The fourth-order valence-electron chi connectivity index (χ4n) is 5.42. The smallest absolute Gasteiger partial charge is 0.124 e. The number of nitrogens with one attached hydrogen (secondary N) is 1. The molecule has 1 saturated carbocycles. The lowest BCUT2D eigenvalue weighted by Gasteiger charge is -2.36. The fraction of sp³-hybridized carbons (Fsp3) is 0.520. The Morgan fingerprint density at radius 2 is 1.87 bits per heavy atom. The van der Waals surface area contributed by atoms with E-state index in [4.69, 9.17) is 4.98 Å². The van der Waals surface area contributed by atoms with E-state index in [1.54, 1.807) is 0 Å². The van der Waals surface area contributed by atoms with Gasteiger partial charge in [-0.3, -0.25) is 14.8 Å². The summed E-state index contributed by atoms with van der Waals surface area (Å²) in [5.41, 5.74) is 6.04. The average molecular weight is 417 g/mol. The number of likely N-dealkylation sites (tertiary alicyclic amines) is 1. The topological polar surface area (TPSA) is 51.3 Å². The molecule has 1 N–H and O–H groups in total. The molecule has 4 heterocycles. The summed E-state index contributed by atoms with van der Waals surface area (Å²) < 4.78 is 0. The van der Waals surface area contributed by atoms with Gasteiger partial charge in [0.05, 0.1) is 22.9 Å². The summed E-state index contributed by atoms with van der Waals surface area (Å²) in [6.45, 7) is 8.72. The molecule has 3 aromatic rings. The highest BCUT2D eigenvalue weighted by Gasteiger charge is 2.32. The molecule has 1 aromatic carbocycles. The van der Waals surface area contributed by atoms with Crippen molar-refractivity contribution in [2.75, 3.05) is 37.6 Å². The van der Waals surface area contributed by atoms with Crippen molar-refractivity contribution < 1.29 is 0 Å². The zero-order valence-electron chi connectivity index (χ0n) is 18.4. The Bertz CT molecular complexity index is 1060. The molecule has 2 saturated heterocycles. The van der Waals surface area contributed by atoms with Gasteiger partial charge in [0.15, 0.2) is 0 Å². The molecule has 2 aliphatic heterocycles. The number of imidazole rings is 1. The third-order valence-electron chi connectivity index (χ3n) is 7.38. The Kier molecular flexibility index (Phi) is 4.92. The number of hydrogen-bond donors (Lipinski definition) is 1. The van der Waals surface area contributed by atoms with Gasteiger partial charge >= 0.3 is 0 Å². The number of aromatic nitrogens is 3. The van der Waals surface area contributed by atoms with Crippen molar-refractivity contribution in [2.24, 2.45) is 0 Å². The molecule has 3 fully saturated rings. The quantitative estimate of drug-likeness (QED) is 0.684. The van der Waals surface area contributed by atoms with Gasteiger partial charge in [-0.1, -0.05) is 12.1 Å². The predicted octanol–water partition coefficient (Wildman–Crippen LogP) is 3.89. The Hall–Kier alpha value is -2.44. The normalized spacial score (nSPS) is 23.1. The lowest BCUT2D eigenvalue weighted by Crippen LogP contribution is -2.47. The number of nitrogens with zero attached hydrogens (tertiary/aromatic N) is 5. The maximum absolute atomic E-state index is 5.18. The first kappa shape index (κ1) is 19.3. The first-order chi connectivity index (χ1) is 15.3. The molecular weight excluding hydrogens is 384 g/mol. The van der Waals surface area contributed by atoms with Crippen molar-refractivity contribution in [2.45, 2.75) is 51.2 Å². The molecule has 1 atom stereocenters. The van der Waals surface area contributed by atoms with E-state index in [1.165, 1.54) is 49.3 Å². The summed E-state index contributed by atoms with van der Waals surface area (Å²) in [6.07, 6.45) is 7.07. The highest BCUT2D eigenvalue weighted by atomic mass is 15.3. The van der Waals surface area contributed by atoms with Crippen molar-refractivity contribution in [1.29, 1.82) is 0 Å². The van der Waals surface area contributed by atoms with Crippen LogP contribution in [0.4, 0.5) is 5.69 Å². The summed E-state index contributed by atoms with van der Waals surface area (Å²) in [6, 6.07) is 12.0. The second-order valence-corrected chi connectivity index (χ2v) is 9.45. The molecule has 0 amide bonds. The second-order valence-electron chi connectivity index (χ2n) is 9.45.